The fraction of sp³-hybridized carbons (Fsp3) is 0.273. The van der Waals surface area contributed by atoms with Crippen molar-refractivity contribution in [1.82, 2.24) is 0 Å². The second-order valence-corrected chi connectivity index (χ2v) is 3.44. The van der Waals surface area contributed by atoms with Crippen LogP contribution in [0.25, 0.3) is 12.2 Å². The summed E-state index contributed by atoms with van der Waals surface area (Å²) in [4.78, 5) is 0. The number of rotatable bonds is 0. The number of hydrogen-bond donors (Lipinski definition) is 2. The third-order valence-corrected chi connectivity index (χ3v) is 2.47. The summed E-state index contributed by atoms with van der Waals surface area (Å²) in [5.41, 5.74) is 7.46. The predicted molar refractivity (Wildman–Crippen MR) is 54.7 cm³/mol. The third-order valence-electron chi connectivity index (χ3n) is 2.47. The first-order chi connectivity index (χ1) is 6.20. The molecule has 0 fully saturated rings. The fourth-order valence-electron chi connectivity index (χ4n) is 1.76. The quantitative estimate of drug-likeness (QED) is 0.449. The Morgan fingerprint density at radius 2 is 1.85 bits per heavy atom. The van der Waals surface area contributed by atoms with Gasteiger partial charge in [0.25, 0.3) is 0 Å². The van der Waals surface area contributed by atoms with Gasteiger partial charge in [0.2, 0.25) is 0 Å². The number of phenols is 1. The molecule has 0 unspecified atom stereocenters. The van der Waals surface area contributed by atoms with Crippen molar-refractivity contribution in [1.29, 1.82) is 0 Å². The molecule has 0 bridgehead atoms. The molecule has 0 radical (unpaired) electrons. The summed E-state index contributed by atoms with van der Waals surface area (Å²) in [6.45, 7) is 1.87. The number of phenolic OH excluding ortho intramolecular Hbond substituents is 1. The Balaban J connectivity index is 2.95. The zero-order chi connectivity index (χ0) is 9.42. The number of benzene rings is 1. The Kier molecular flexibility index (Phi) is 1.76. The molecule has 0 aromatic heterocycles. The van der Waals surface area contributed by atoms with E-state index in [-0.39, 0.29) is 0 Å². The van der Waals surface area contributed by atoms with Crippen molar-refractivity contribution in [3.05, 3.63) is 22.1 Å². The minimum absolute atomic E-state index is 0.375. The molecule has 1 aromatic rings. The maximum absolute atomic E-state index is 9.76. The van der Waals surface area contributed by atoms with Gasteiger partial charge in [-0.3, -0.25) is 0 Å². The molecule has 0 saturated carbocycles. The number of nitrogens with two attached hydrogens (primary N) is 1. The van der Waals surface area contributed by atoms with Gasteiger partial charge >= 0.3 is 0 Å². The molecule has 0 saturated heterocycles. The number of nitrogen functional groups attached to an aromatic ring is 1. The lowest BCUT2D eigenvalue weighted by molar-refractivity contribution is 0.466. The SMILES string of the molecule is Cc1cc(N)c2c(c1O)=CCCC=2. The number of fused-ring (bicyclic) bond motifs is 1. The second kappa shape index (κ2) is 2.80. The largest absolute Gasteiger partial charge is 0.507 e. The Hall–Kier alpha value is -1.44. The molecule has 0 atom stereocenters. The van der Waals surface area contributed by atoms with Crippen LogP contribution in [0.1, 0.15) is 18.4 Å². The third kappa shape index (κ3) is 1.18. The molecule has 2 heteroatoms. The van der Waals surface area contributed by atoms with Crippen molar-refractivity contribution < 1.29 is 5.11 Å². The number of aryl methyl sites for hydroxylation is 1. The molecule has 0 aliphatic heterocycles. The summed E-state index contributed by atoms with van der Waals surface area (Å²) in [5.74, 6) is 0.375. The van der Waals surface area contributed by atoms with E-state index in [2.05, 4.69) is 6.08 Å². The molecule has 1 aliphatic carbocycles. The molecule has 68 valence electrons. The molecule has 2 rings (SSSR count). The lowest BCUT2D eigenvalue weighted by atomic mass is 10.0. The number of anilines is 1. The van der Waals surface area contributed by atoms with Crippen molar-refractivity contribution >= 4 is 17.8 Å². The summed E-state index contributed by atoms with van der Waals surface area (Å²) < 4.78 is 0. The highest BCUT2D eigenvalue weighted by Gasteiger charge is 2.04. The molecule has 0 spiro atoms. The Morgan fingerprint density at radius 1 is 1.23 bits per heavy atom. The molecule has 0 amide bonds. The Morgan fingerprint density at radius 3 is 2.54 bits per heavy atom. The van der Waals surface area contributed by atoms with Crippen molar-refractivity contribution in [3.63, 3.8) is 0 Å². The first-order valence-electron chi connectivity index (χ1n) is 4.48. The lowest BCUT2D eigenvalue weighted by Gasteiger charge is -2.07. The maximum Gasteiger partial charge on any atom is 0.126 e. The van der Waals surface area contributed by atoms with Gasteiger partial charge < -0.3 is 10.8 Å². The average molecular weight is 175 g/mol. The lowest BCUT2D eigenvalue weighted by Crippen LogP contribution is -2.30. The van der Waals surface area contributed by atoms with Crippen LogP contribution < -0.4 is 16.2 Å². The van der Waals surface area contributed by atoms with E-state index in [9.17, 15) is 5.11 Å². The van der Waals surface area contributed by atoms with Gasteiger partial charge in [-0.25, -0.2) is 0 Å². The van der Waals surface area contributed by atoms with Gasteiger partial charge in [-0.1, -0.05) is 12.2 Å². The molecule has 3 N–H and O–H groups in total. The highest BCUT2D eigenvalue weighted by Crippen LogP contribution is 2.12. The topological polar surface area (TPSA) is 46.2 Å². The van der Waals surface area contributed by atoms with Crippen LogP contribution in [0.3, 0.4) is 0 Å². The summed E-state index contributed by atoms with van der Waals surface area (Å²) in [7, 11) is 0. The van der Waals surface area contributed by atoms with Crippen molar-refractivity contribution in [3.8, 4) is 5.75 Å². The van der Waals surface area contributed by atoms with E-state index in [4.69, 9.17) is 5.73 Å². The monoisotopic (exact) mass is 175 g/mol. The fourth-order valence-corrected chi connectivity index (χ4v) is 1.76. The highest BCUT2D eigenvalue weighted by molar-refractivity contribution is 5.57. The zero-order valence-corrected chi connectivity index (χ0v) is 7.67. The zero-order valence-electron chi connectivity index (χ0n) is 7.67. The normalized spacial score (nSPS) is 14.2. The summed E-state index contributed by atoms with van der Waals surface area (Å²) in [6, 6.07) is 1.82. The van der Waals surface area contributed by atoms with Gasteiger partial charge in [0, 0.05) is 16.1 Å². The average Bonchev–Trinajstić information content (AvgIpc) is 2.15. The second-order valence-electron chi connectivity index (χ2n) is 3.44. The molecule has 2 nitrogen and oxygen atoms in total. The van der Waals surface area contributed by atoms with Crippen LogP contribution in [-0.4, -0.2) is 5.11 Å². The van der Waals surface area contributed by atoms with E-state index in [0.29, 0.717) is 5.75 Å². The van der Waals surface area contributed by atoms with Crippen molar-refractivity contribution in [2.45, 2.75) is 19.8 Å². The Bertz CT molecular complexity index is 460. The summed E-state index contributed by atoms with van der Waals surface area (Å²) >= 11 is 0. The first kappa shape index (κ1) is 8.17. The van der Waals surface area contributed by atoms with Crippen LogP contribution in [0, 0.1) is 6.92 Å². The Labute approximate surface area is 77.0 Å². The van der Waals surface area contributed by atoms with Crippen LogP contribution in [-0.2, 0) is 0 Å². The standard InChI is InChI=1S/C11H13NO/c1-7-6-10(12)8-4-2-3-5-9(8)11(7)13/h4-6,13H,2-3,12H2,1H3. The smallest absolute Gasteiger partial charge is 0.126 e. The molecular weight excluding hydrogens is 162 g/mol. The van der Waals surface area contributed by atoms with Crippen LogP contribution >= 0.6 is 0 Å². The number of aromatic hydroxyl groups is 1. The van der Waals surface area contributed by atoms with E-state index in [1.807, 2.05) is 19.1 Å². The summed E-state index contributed by atoms with van der Waals surface area (Å²) in [6.07, 6.45) is 6.14. The molecule has 1 aromatic carbocycles. The van der Waals surface area contributed by atoms with Crippen LogP contribution in [0.2, 0.25) is 0 Å². The number of hydrogen-bond acceptors (Lipinski definition) is 2. The van der Waals surface area contributed by atoms with Gasteiger partial charge in [0.15, 0.2) is 0 Å². The van der Waals surface area contributed by atoms with Crippen LogP contribution in [0.15, 0.2) is 6.07 Å². The summed E-state index contributed by atoms with van der Waals surface area (Å²) in [5, 5.41) is 11.7. The molecule has 1 aliphatic rings. The van der Waals surface area contributed by atoms with Gasteiger partial charge in [0.1, 0.15) is 5.75 Å². The molecule has 0 heterocycles. The van der Waals surface area contributed by atoms with Gasteiger partial charge in [-0.15, -0.1) is 0 Å². The van der Waals surface area contributed by atoms with Gasteiger partial charge in [0.05, 0.1) is 0 Å². The van der Waals surface area contributed by atoms with Gasteiger partial charge in [-0.2, -0.15) is 0 Å². The molecule has 13 heavy (non-hydrogen) atoms. The van der Waals surface area contributed by atoms with E-state index in [1.165, 1.54) is 0 Å². The van der Waals surface area contributed by atoms with Crippen LogP contribution in [0.4, 0.5) is 5.69 Å². The minimum atomic E-state index is 0.375. The van der Waals surface area contributed by atoms with Crippen LogP contribution in [0.5, 0.6) is 5.75 Å². The van der Waals surface area contributed by atoms with E-state index < -0.39 is 0 Å². The highest BCUT2D eigenvalue weighted by atomic mass is 16.3. The van der Waals surface area contributed by atoms with E-state index in [0.717, 1.165) is 34.5 Å². The maximum atomic E-state index is 9.76. The van der Waals surface area contributed by atoms with Gasteiger partial charge in [-0.05, 0) is 31.4 Å². The minimum Gasteiger partial charge on any atom is -0.507 e. The van der Waals surface area contributed by atoms with E-state index >= 15 is 0 Å². The van der Waals surface area contributed by atoms with Crippen molar-refractivity contribution in [2.75, 3.05) is 5.73 Å². The van der Waals surface area contributed by atoms with E-state index in [1.54, 1.807) is 0 Å². The van der Waals surface area contributed by atoms with Crippen molar-refractivity contribution in [2.24, 2.45) is 0 Å². The predicted octanol–water partition coefficient (Wildman–Crippen LogP) is 0.638. The first-order valence-corrected chi connectivity index (χ1v) is 4.48. The molecular formula is C11H13NO.